The Morgan fingerprint density at radius 1 is 1.10 bits per heavy atom. The van der Waals surface area contributed by atoms with Gasteiger partial charge in [-0.2, -0.15) is 0 Å². The van der Waals surface area contributed by atoms with Crippen molar-refractivity contribution < 1.29 is 14.7 Å². The Hall–Kier alpha value is -1.06. The second kappa shape index (κ2) is 5.98. The maximum Gasteiger partial charge on any atom is 0.305 e. The summed E-state index contributed by atoms with van der Waals surface area (Å²) in [4.78, 5) is 26.1. The second-order valence-electron chi connectivity index (χ2n) is 7.69. The van der Waals surface area contributed by atoms with Crippen LogP contribution in [0, 0.1) is 11.3 Å². The number of hydrogen-bond acceptors (Lipinski definition) is 2. The molecule has 0 heterocycles. The highest BCUT2D eigenvalue weighted by atomic mass is 16.4. The Kier molecular flexibility index (Phi) is 4.64. The maximum absolute atomic E-state index is 13.0. The maximum atomic E-state index is 13.0. The first-order valence-electron chi connectivity index (χ1n) is 8.28. The average Bonchev–Trinajstić information content (AvgIpc) is 2.77. The highest BCUT2D eigenvalue weighted by Crippen LogP contribution is 2.45. The van der Waals surface area contributed by atoms with E-state index in [1.165, 1.54) is 0 Å². The number of carboxylic acid groups (broad SMARTS) is 1. The monoisotopic (exact) mass is 295 g/mol. The first kappa shape index (κ1) is 16.3. The molecule has 4 nitrogen and oxygen atoms in total. The van der Waals surface area contributed by atoms with Crippen LogP contribution in [0.3, 0.4) is 0 Å². The van der Waals surface area contributed by atoms with E-state index in [1.54, 1.807) is 0 Å². The van der Waals surface area contributed by atoms with Crippen LogP contribution in [0.5, 0.6) is 0 Å². The highest BCUT2D eigenvalue weighted by Gasteiger charge is 2.46. The van der Waals surface area contributed by atoms with Gasteiger partial charge in [0.05, 0.1) is 12.0 Å². The summed E-state index contributed by atoms with van der Waals surface area (Å²) >= 11 is 0. The molecule has 0 bridgehead atoms. The van der Waals surface area contributed by atoms with Crippen LogP contribution < -0.4 is 0 Å². The Morgan fingerprint density at radius 2 is 1.71 bits per heavy atom. The van der Waals surface area contributed by atoms with Crippen molar-refractivity contribution in [1.82, 2.24) is 4.90 Å². The number of aliphatic carboxylic acids is 1. The van der Waals surface area contributed by atoms with Crippen LogP contribution in [-0.4, -0.2) is 34.5 Å². The van der Waals surface area contributed by atoms with Gasteiger partial charge in [0.2, 0.25) is 5.91 Å². The summed E-state index contributed by atoms with van der Waals surface area (Å²) in [6, 6.07) is 0. The summed E-state index contributed by atoms with van der Waals surface area (Å²) in [7, 11) is 1.84. The first-order valence-corrected chi connectivity index (χ1v) is 8.28. The molecule has 0 spiro atoms. The van der Waals surface area contributed by atoms with E-state index in [0.717, 1.165) is 51.4 Å². The van der Waals surface area contributed by atoms with Gasteiger partial charge in [-0.3, -0.25) is 9.59 Å². The van der Waals surface area contributed by atoms with E-state index in [2.05, 4.69) is 13.8 Å². The Labute approximate surface area is 127 Å². The quantitative estimate of drug-likeness (QED) is 0.864. The number of amides is 1. The van der Waals surface area contributed by atoms with Gasteiger partial charge in [0, 0.05) is 13.0 Å². The Morgan fingerprint density at radius 3 is 2.19 bits per heavy atom. The molecule has 2 fully saturated rings. The van der Waals surface area contributed by atoms with Crippen molar-refractivity contribution in [3.8, 4) is 0 Å². The van der Waals surface area contributed by atoms with Crippen LogP contribution >= 0.6 is 0 Å². The third-order valence-corrected chi connectivity index (χ3v) is 5.86. The molecule has 2 saturated carbocycles. The lowest BCUT2D eigenvalue weighted by atomic mass is 9.75. The SMILES string of the molecule is CN(C(=O)C1CCCC1(C)C)C1(CC(=O)O)CCCCC1. The van der Waals surface area contributed by atoms with E-state index in [9.17, 15) is 14.7 Å². The molecule has 0 saturated heterocycles. The Balaban J connectivity index is 2.19. The largest absolute Gasteiger partial charge is 0.481 e. The van der Waals surface area contributed by atoms with Crippen LogP contribution in [0.15, 0.2) is 0 Å². The molecule has 2 rings (SSSR count). The molecule has 0 aromatic carbocycles. The topological polar surface area (TPSA) is 57.6 Å². The highest BCUT2D eigenvalue weighted by molar-refractivity contribution is 5.81. The molecule has 4 heteroatoms. The van der Waals surface area contributed by atoms with Crippen molar-refractivity contribution in [2.24, 2.45) is 11.3 Å². The van der Waals surface area contributed by atoms with Crippen molar-refractivity contribution in [3.63, 3.8) is 0 Å². The fourth-order valence-electron chi connectivity index (χ4n) is 4.37. The van der Waals surface area contributed by atoms with Crippen LogP contribution in [0.4, 0.5) is 0 Å². The van der Waals surface area contributed by atoms with Gasteiger partial charge in [0.1, 0.15) is 0 Å². The molecule has 0 aromatic heterocycles. The molecule has 1 unspecified atom stereocenters. The van der Waals surface area contributed by atoms with Crippen LogP contribution in [0.2, 0.25) is 0 Å². The van der Waals surface area contributed by atoms with Gasteiger partial charge in [-0.25, -0.2) is 0 Å². The van der Waals surface area contributed by atoms with Crippen LogP contribution in [0.25, 0.3) is 0 Å². The second-order valence-corrected chi connectivity index (χ2v) is 7.69. The molecule has 1 atom stereocenters. The lowest BCUT2D eigenvalue weighted by Crippen LogP contribution is -2.54. The summed E-state index contributed by atoms with van der Waals surface area (Å²) in [6.07, 6.45) is 8.08. The van der Waals surface area contributed by atoms with E-state index in [0.29, 0.717) is 0 Å². The molecule has 2 aliphatic rings. The van der Waals surface area contributed by atoms with Crippen molar-refractivity contribution in [3.05, 3.63) is 0 Å². The van der Waals surface area contributed by atoms with E-state index >= 15 is 0 Å². The van der Waals surface area contributed by atoms with E-state index in [-0.39, 0.29) is 23.7 Å². The smallest absolute Gasteiger partial charge is 0.305 e. The van der Waals surface area contributed by atoms with Crippen LogP contribution in [0.1, 0.15) is 71.6 Å². The van der Waals surface area contributed by atoms with Crippen molar-refractivity contribution in [2.45, 2.75) is 77.2 Å². The molecule has 1 amide bonds. The molecule has 1 N–H and O–H groups in total. The fraction of sp³-hybridized carbons (Fsp3) is 0.882. The number of carbonyl (C=O) groups excluding carboxylic acids is 1. The summed E-state index contributed by atoms with van der Waals surface area (Å²) in [5, 5.41) is 9.29. The summed E-state index contributed by atoms with van der Waals surface area (Å²) in [5.74, 6) is -0.571. The molecule has 0 aliphatic heterocycles. The zero-order valence-electron chi connectivity index (χ0n) is 13.7. The van der Waals surface area contributed by atoms with Crippen molar-refractivity contribution in [2.75, 3.05) is 7.05 Å². The van der Waals surface area contributed by atoms with Gasteiger partial charge in [-0.1, -0.05) is 39.5 Å². The minimum Gasteiger partial charge on any atom is -0.481 e. The number of nitrogens with zero attached hydrogens (tertiary/aromatic N) is 1. The van der Waals surface area contributed by atoms with Gasteiger partial charge in [-0.05, 0) is 31.1 Å². The fourth-order valence-corrected chi connectivity index (χ4v) is 4.37. The third kappa shape index (κ3) is 3.24. The number of carboxylic acids is 1. The summed E-state index contributed by atoms with van der Waals surface area (Å²) in [6.45, 7) is 4.34. The zero-order chi connectivity index (χ0) is 15.7. The average molecular weight is 295 g/mol. The molecule has 2 aliphatic carbocycles. The predicted octanol–water partition coefficient (Wildman–Crippen LogP) is 3.45. The number of carbonyl (C=O) groups is 2. The lowest BCUT2D eigenvalue weighted by molar-refractivity contribution is -0.149. The Bertz CT molecular complexity index is 410. The lowest BCUT2D eigenvalue weighted by Gasteiger charge is -2.46. The number of hydrogen-bond donors (Lipinski definition) is 1. The zero-order valence-corrected chi connectivity index (χ0v) is 13.7. The molecule has 0 radical (unpaired) electrons. The van der Waals surface area contributed by atoms with Gasteiger partial charge < -0.3 is 10.0 Å². The molecular weight excluding hydrogens is 266 g/mol. The van der Waals surface area contributed by atoms with Gasteiger partial charge in [0.25, 0.3) is 0 Å². The number of rotatable bonds is 4. The van der Waals surface area contributed by atoms with Gasteiger partial charge in [-0.15, -0.1) is 0 Å². The molecule has 0 aromatic rings. The molecule has 120 valence electrons. The van der Waals surface area contributed by atoms with Gasteiger partial charge >= 0.3 is 5.97 Å². The molecular formula is C17H29NO3. The molecule has 21 heavy (non-hydrogen) atoms. The summed E-state index contributed by atoms with van der Waals surface area (Å²) < 4.78 is 0. The van der Waals surface area contributed by atoms with Gasteiger partial charge in [0.15, 0.2) is 0 Å². The van der Waals surface area contributed by atoms with Crippen molar-refractivity contribution >= 4 is 11.9 Å². The van der Waals surface area contributed by atoms with Crippen molar-refractivity contribution in [1.29, 1.82) is 0 Å². The normalized spacial score (nSPS) is 27.3. The first-order chi connectivity index (χ1) is 9.78. The van der Waals surface area contributed by atoms with E-state index in [4.69, 9.17) is 0 Å². The minimum atomic E-state index is -0.790. The van der Waals surface area contributed by atoms with E-state index in [1.807, 2.05) is 11.9 Å². The minimum absolute atomic E-state index is 0.0461. The van der Waals surface area contributed by atoms with E-state index < -0.39 is 11.5 Å². The summed E-state index contributed by atoms with van der Waals surface area (Å²) in [5.41, 5.74) is -0.412. The van der Waals surface area contributed by atoms with Crippen LogP contribution in [-0.2, 0) is 9.59 Å². The predicted molar refractivity (Wildman–Crippen MR) is 82.0 cm³/mol. The standard InChI is InChI=1S/C17H29NO3/c1-16(2)9-7-8-13(16)15(21)18(3)17(12-14(19)20)10-5-4-6-11-17/h13H,4-12H2,1-3H3,(H,19,20). The third-order valence-electron chi connectivity index (χ3n) is 5.86.